The van der Waals surface area contributed by atoms with Gasteiger partial charge in [0.25, 0.3) is 0 Å². The molecule has 2 aromatic heterocycles. The van der Waals surface area contributed by atoms with Crippen LogP contribution >= 0.6 is 0 Å². The molecule has 31 heavy (non-hydrogen) atoms. The molecule has 1 unspecified atom stereocenters. The van der Waals surface area contributed by atoms with Crippen LogP contribution in [0.4, 0.5) is 8.78 Å². The van der Waals surface area contributed by atoms with Crippen molar-refractivity contribution in [2.75, 3.05) is 6.54 Å². The lowest BCUT2D eigenvalue weighted by Crippen LogP contribution is -2.29. The van der Waals surface area contributed by atoms with E-state index in [0.717, 1.165) is 40.7 Å². The van der Waals surface area contributed by atoms with E-state index in [1.54, 1.807) is 23.2 Å². The molecule has 0 radical (unpaired) electrons. The number of rotatable bonds is 4. The van der Waals surface area contributed by atoms with Gasteiger partial charge in [-0.05, 0) is 61.4 Å². The Morgan fingerprint density at radius 3 is 2.97 bits per heavy atom. The lowest BCUT2D eigenvalue weighted by atomic mass is 10.0. The number of amidine groups is 1. The summed E-state index contributed by atoms with van der Waals surface area (Å²) in [7, 11) is 0. The summed E-state index contributed by atoms with van der Waals surface area (Å²) in [4.78, 5) is 12.6. The van der Waals surface area contributed by atoms with Gasteiger partial charge in [-0.1, -0.05) is 6.07 Å². The van der Waals surface area contributed by atoms with Crippen LogP contribution in [0.3, 0.4) is 0 Å². The number of hydrogen-bond donors (Lipinski definition) is 3. The normalized spacial score (nSPS) is 16.6. The summed E-state index contributed by atoms with van der Waals surface area (Å²) in [5.74, 6) is -0.0316. The van der Waals surface area contributed by atoms with E-state index in [1.165, 1.54) is 6.07 Å². The second-order valence-electron chi connectivity index (χ2n) is 7.70. The number of benzene rings is 2. The summed E-state index contributed by atoms with van der Waals surface area (Å²) >= 11 is 0. The van der Waals surface area contributed by atoms with Gasteiger partial charge in [0.05, 0.1) is 17.9 Å². The van der Waals surface area contributed by atoms with E-state index < -0.39 is 11.6 Å². The first-order chi connectivity index (χ1) is 15.1. The van der Waals surface area contributed by atoms with Crippen LogP contribution in [0, 0.1) is 17.0 Å². The molecule has 4 aromatic rings. The third-order valence-corrected chi connectivity index (χ3v) is 5.74. The number of fused-ring (bicyclic) bond motifs is 1. The minimum absolute atomic E-state index is 0.248. The average Bonchev–Trinajstić information content (AvgIpc) is 3.53. The molecule has 0 aliphatic carbocycles. The second kappa shape index (κ2) is 7.83. The minimum Gasteiger partial charge on any atom is -0.361 e. The number of aromatic amines is 2. The van der Waals surface area contributed by atoms with Crippen LogP contribution in [0.5, 0.6) is 0 Å². The molecular formula is C24H21F2N5. The molecule has 0 amide bonds. The number of H-pyrrole nitrogens is 2. The van der Waals surface area contributed by atoms with Crippen molar-refractivity contribution in [2.45, 2.75) is 18.9 Å². The van der Waals surface area contributed by atoms with Gasteiger partial charge in [0.1, 0.15) is 23.3 Å². The molecule has 0 spiro atoms. The van der Waals surface area contributed by atoms with Crippen molar-refractivity contribution in [3.05, 3.63) is 84.0 Å². The van der Waals surface area contributed by atoms with E-state index >= 15 is 0 Å². The van der Waals surface area contributed by atoms with E-state index in [0.29, 0.717) is 24.4 Å². The monoisotopic (exact) mass is 417 g/mol. The van der Waals surface area contributed by atoms with Crippen LogP contribution in [0.25, 0.3) is 28.2 Å². The lowest BCUT2D eigenvalue weighted by Gasteiger charge is -2.26. The first kappa shape index (κ1) is 19.2. The fourth-order valence-corrected chi connectivity index (χ4v) is 4.19. The molecule has 5 nitrogen and oxygen atoms in total. The fourth-order valence-electron chi connectivity index (χ4n) is 4.19. The average molecular weight is 417 g/mol. The van der Waals surface area contributed by atoms with Gasteiger partial charge >= 0.3 is 0 Å². The van der Waals surface area contributed by atoms with Gasteiger partial charge in [0.2, 0.25) is 0 Å². The van der Waals surface area contributed by atoms with E-state index in [-0.39, 0.29) is 11.9 Å². The fraction of sp³-hybridized carbons (Fsp3) is 0.167. The Balaban J connectivity index is 1.33. The number of nitrogens with zero attached hydrogens (tertiary/aromatic N) is 2. The molecule has 5 rings (SSSR count). The van der Waals surface area contributed by atoms with Crippen LogP contribution in [-0.4, -0.2) is 32.2 Å². The molecule has 1 aliphatic rings. The number of halogens is 2. The molecule has 0 saturated carbocycles. The van der Waals surface area contributed by atoms with Gasteiger partial charge < -0.3 is 14.9 Å². The SMILES string of the molecule is N=C(/C=C\c1ncc(-c2ccc3[nH]ccc3c2)[nH]1)N1CCCC1c1cc(F)ccc1F. The Labute approximate surface area is 178 Å². The highest BCUT2D eigenvalue weighted by Crippen LogP contribution is 2.34. The Morgan fingerprint density at radius 1 is 1.16 bits per heavy atom. The second-order valence-corrected chi connectivity index (χ2v) is 7.70. The van der Waals surface area contributed by atoms with Crippen LogP contribution in [-0.2, 0) is 0 Å². The van der Waals surface area contributed by atoms with Gasteiger partial charge in [0.15, 0.2) is 0 Å². The van der Waals surface area contributed by atoms with E-state index in [9.17, 15) is 8.78 Å². The first-order valence-corrected chi connectivity index (χ1v) is 10.2. The van der Waals surface area contributed by atoms with Crippen molar-refractivity contribution in [3.63, 3.8) is 0 Å². The van der Waals surface area contributed by atoms with Crippen molar-refractivity contribution in [2.24, 2.45) is 0 Å². The highest BCUT2D eigenvalue weighted by atomic mass is 19.1. The van der Waals surface area contributed by atoms with Gasteiger partial charge in [0, 0.05) is 34.8 Å². The van der Waals surface area contributed by atoms with E-state index in [4.69, 9.17) is 5.41 Å². The van der Waals surface area contributed by atoms with E-state index in [1.807, 2.05) is 24.4 Å². The zero-order valence-electron chi connectivity index (χ0n) is 16.7. The zero-order valence-corrected chi connectivity index (χ0v) is 16.7. The van der Waals surface area contributed by atoms with Gasteiger partial charge in [-0.15, -0.1) is 0 Å². The molecule has 3 N–H and O–H groups in total. The Hall–Kier alpha value is -3.74. The third kappa shape index (κ3) is 3.74. The molecule has 0 bridgehead atoms. The predicted molar refractivity (Wildman–Crippen MR) is 118 cm³/mol. The van der Waals surface area contributed by atoms with Gasteiger partial charge in [-0.25, -0.2) is 13.8 Å². The zero-order chi connectivity index (χ0) is 21.4. The van der Waals surface area contributed by atoms with Crippen molar-refractivity contribution >= 4 is 22.8 Å². The van der Waals surface area contributed by atoms with Crippen LogP contribution in [0.2, 0.25) is 0 Å². The Morgan fingerprint density at radius 2 is 2.06 bits per heavy atom. The molecule has 2 aromatic carbocycles. The van der Waals surface area contributed by atoms with Crippen LogP contribution < -0.4 is 0 Å². The summed E-state index contributed by atoms with van der Waals surface area (Å²) in [6.07, 6.45) is 8.55. The summed E-state index contributed by atoms with van der Waals surface area (Å²) in [5.41, 5.74) is 3.29. The molecular weight excluding hydrogens is 396 g/mol. The quantitative estimate of drug-likeness (QED) is 0.296. The number of nitrogens with one attached hydrogen (secondary N) is 3. The molecule has 1 fully saturated rings. The topological polar surface area (TPSA) is 71.6 Å². The van der Waals surface area contributed by atoms with Crippen molar-refractivity contribution in [1.82, 2.24) is 19.9 Å². The first-order valence-electron chi connectivity index (χ1n) is 10.2. The molecule has 1 atom stereocenters. The summed E-state index contributed by atoms with van der Waals surface area (Å²) in [5, 5.41) is 9.58. The van der Waals surface area contributed by atoms with Crippen LogP contribution in [0.15, 0.2) is 60.9 Å². The molecule has 3 heterocycles. The summed E-state index contributed by atoms with van der Waals surface area (Å²) in [6, 6.07) is 11.3. The van der Waals surface area contributed by atoms with Crippen molar-refractivity contribution in [1.29, 1.82) is 5.41 Å². The number of hydrogen-bond acceptors (Lipinski definition) is 2. The maximum Gasteiger partial charge on any atom is 0.130 e. The highest BCUT2D eigenvalue weighted by Gasteiger charge is 2.29. The predicted octanol–water partition coefficient (Wildman–Crippen LogP) is 5.66. The highest BCUT2D eigenvalue weighted by molar-refractivity contribution is 5.94. The Bertz CT molecular complexity index is 1290. The largest absolute Gasteiger partial charge is 0.361 e. The van der Waals surface area contributed by atoms with Crippen molar-refractivity contribution in [3.8, 4) is 11.3 Å². The minimum atomic E-state index is -0.466. The number of aromatic nitrogens is 3. The Kier molecular flexibility index (Phi) is 4.86. The van der Waals surface area contributed by atoms with E-state index in [2.05, 4.69) is 21.0 Å². The smallest absolute Gasteiger partial charge is 0.130 e. The maximum absolute atomic E-state index is 14.3. The van der Waals surface area contributed by atoms with Gasteiger partial charge in [-0.3, -0.25) is 5.41 Å². The maximum atomic E-state index is 14.3. The standard InChI is InChI=1S/C24H21F2N5/c25-17-4-5-19(26)18(13-17)22-2-1-11-31(22)23(27)7-8-24-29-14-21(30-24)15-3-6-20-16(12-15)9-10-28-20/h3-10,12-14,22,27-28H,1-2,11H2,(H,29,30)/b8-7-,27-23?. The number of likely N-dealkylation sites (tertiary alicyclic amines) is 1. The summed E-state index contributed by atoms with van der Waals surface area (Å²) in [6.45, 7) is 0.629. The molecule has 7 heteroatoms. The molecule has 156 valence electrons. The van der Waals surface area contributed by atoms with Crippen molar-refractivity contribution < 1.29 is 8.78 Å². The third-order valence-electron chi connectivity index (χ3n) is 5.74. The van der Waals surface area contributed by atoms with Crippen LogP contribution in [0.1, 0.15) is 30.3 Å². The number of imidazole rings is 1. The molecule has 1 saturated heterocycles. The lowest BCUT2D eigenvalue weighted by molar-refractivity contribution is 0.385. The van der Waals surface area contributed by atoms with Gasteiger partial charge in [-0.2, -0.15) is 0 Å². The summed E-state index contributed by atoms with van der Waals surface area (Å²) < 4.78 is 27.9. The molecule has 1 aliphatic heterocycles.